The van der Waals surface area contributed by atoms with E-state index >= 15 is 0 Å². The number of allylic oxidation sites excluding steroid dienone is 1. The van der Waals surface area contributed by atoms with E-state index in [2.05, 4.69) is 38.7 Å². The third-order valence-corrected chi connectivity index (χ3v) is 6.91. The fourth-order valence-corrected chi connectivity index (χ4v) is 4.84. The molecule has 1 fully saturated rings. The highest BCUT2D eigenvalue weighted by Gasteiger charge is 2.19. The lowest BCUT2D eigenvalue weighted by molar-refractivity contribution is -0.110. The summed E-state index contributed by atoms with van der Waals surface area (Å²) in [6, 6.07) is 15.1. The third-order valence-electron chi connectivity index (χ3n) is 6.91. The molecule has 0 amide bonds. The number of nitrogens with zero attached hydrogens (tertiary/aromatic N) is 4. The molecular weight excluding hydrogens is 488 g/mol. The van der Waals surface area contributed by atoms with Gasteiger partial charge in [0.15, 0.2) is 0 Å². The van der Waals surface area contributed by atoms with Gasteiger partial charge < -0.3 is 15.5 Å². The van der Waals surface area contributed by atoms with Crippen LogP contribution in [0.2, 0.25) is 0 Å². The van der Waals surface area contributed by atoms with Gasteiger partial charge in [0, 0.05) is 44.1 Å². The largest absolute Gasteiger partial charge is 0.379 e. The average molecular weight is 527 g/mol. The van der Waals surface area contributed by atoms with Crippen molar-refractivity contribution in [1.29, 1.82) is 5.41 Å². The van der Waals surface area contributed by atoms with Crippen LogP contribution in [0.15, 0.2) is 73.1 Å². The number of hydrogen-bond acceptors (Lipinski definition) is 8. The normalized spacial score (nSPS) is 14.5. The number of rotatable bonds is 14. The smallest absolute Gasteiger partial charge is 0.227 e. The minimum atomic E-state index is -0.249. The number of carbonyl (C=O) groups is 1. The van der Waals surface area contributed by atoms with Gasteiger partial charge in [0.1, 0.15) is 0 Å². The summed E-state index contributed by atoms with van der Waals surface area (Å²) in [6.07, 6.45) is 7.46. The molecule has 1 unspecified atom stereocenters. The van der Waals surface area contributed by atoms with Crippen molar-refractivity contribution in [3.8, 4) is 11.4 Å². The molecule has 204 valence electrons. The lowest BCUT2D eigenvalue weighted by Gasteiger charge is -2.30. The molecule has 2 aromatic heterocycles. The Morgan fingerprint density at radius 1 is 1.08 bits per heavy atom. The van der Waals surface area contributed by atoms with Crippen LogP contribution in [0.1, 0.15) is 38.2 Å². The molecule has 1 aromatic carbocycles. The van der Waals surface area contributed by atoms with Gasteiger partial charge in [-0.3, -0.25) is 14.7 Å². The molecule has 8 heteroatoms. The van der Waals surface area contributed by atoms with Crippen LogP contribution < -0.4 is 5.32 Å². The second-order valence-electron chi connectivity index (χ2n) is 10.0. The van der Waals surface area contributed by atoms with E-state index in [0.29, 0.717) is 23.9 Å². The van der Waals surface area contributed by atoms with Gasteiger partial charge in [-0.05, 0) is 66.6 Å². The molecule has 1 atom stereocenters. The molecule has 1 aliphatic rings. The van der Waals surface area contributed by atoms with Gasteiger partial charge >= 0.3 is 0 Å². The molecule has 0 saturated carbocycles. The van der Waals surface area contributed by atoms with Crippen LogP contribution >= 0.6 is 0 Å². The average Bonchev–Trinajstić information content (AvgIpc) is 2.97. The predicted molar refractivity (Wildman–Crippen MR) is 155 cm³/mol. The van der Waals surface area contributed by atoms with Crippen molar-refractivity contribution in [2.75, 3.05) is 38.2 Å². The molecule has 3 heterocycles. The Balaban J connectivity index is 1.30. The molecule has 4 rings (SSSR count). The molecule has 2 N–H and O–H groups in total. The van der Waals surface area contributed by atoms with Crippen LogP contribution in [-0.2, 0) is 16.0 Å². The summed E-state index contributed by atoms with van der Waals surface area (Å²) in [7, 11) is 0. The molecule has 8 nitrogen and oxygen atoms in total. The van der Waals surface area contributed by atoms with Crippen molar-refractivity contribution in [3.05, 3.63) is 78.6 Å². The van der Waals surface area contributed by atoms with E-state index in [1.807, 2.05) is 48.5 Å². The highest BCUT2D eigenvalue weighted by Crippen LogP contribution is 2.21. The molecule has 3 aromatic rings. The Kier molecular flexibility index (Phi) is 10.4. The first-order valence-corrected chi connectivity index (χ1v) is 13.7. The fraction of sp³-hybridized carbons (Fsp3) is 0.387. The summed E-state index contributed by atoms with van der Waals surface area (Å²) >= 11 is 0. The zero-order valence-electron chi connectivity index (χ0n) is 22.7. The Hall–Kier alpha value is -3.75. The number of nitrogens with one attached hydrogen (secondary N) is 2. The van der Waals surface area contributed by atoms with Gasteiger partial charge in [-0.2, -0.15) is 0 Å². The summed E-state index contributed by atoms with van der Waals surface area (Å²) in [4.78, 5) is 28.6. The van der Waals surface area contributed by atoms with Crippen LogP contribution in [0.4, 0.5) is 11.6 Å². The molecule has 0 spiro atoms. The van der Waals surface area contributed by atoms with Gasteiger partial charge in [-0.25, -0.2) is 9.97 Å². The Labute approximate surface area is 231 Å². The Morgan fingerprint density at radius 3 is 2.69 bits per heavy atom. The number of aromatic nitrogens is 3. The number of hydrogen-bond donors (Lipinski definition) is 2. The Bertz CT molecular complexity index is 1260. The quantitative estimate of drug-likeness (QED) is 0.211. The van der Waals surface area contributed by atoms with E-state index in [1.54, 1.807) is 12.4 Å². The van der Waals surface area contributed by atoms with Crippen LogP contribution in [0.25, 0.3) is 11.4 Å². The number of Topliss-reactive ketones (excluding diaryl/α,β-unsaturated/α-hetero) is 1. The Morgan fingerprint density at radius 2 is 1.92 bits per heavy atom. The number of pyridine rings is 1. The summed E-state index contributed by atoms with van der Waals surface area (Å²) in [5.74, 6) is 0.725. The van der Waals surface area contributed by atoms with Gasteiger partial charge in [-0.1, -0.05) is 38.1 Å². The number of carbonyl (C=O) groups excluding carboxylic acids is 1. The van der Waals surface area contributed by atoms with Crippen LogP contribution in [0, 0.1) is 11.3 Å². The lowest BCUT2D eigenvalue weighted by atomic mass is 9.92. The van der Waals surface area contributed by atoms with Crippen molar-refractivity contribution >= 4 is 23.1 Å². The zero-order valence-corrected chi connectivity index (χ0v) is 22.7. The summed E-state index contributed by atoms with van der Waals surface area (Å²) in [5, 5.41) is 11.7. The van der Waals surface area contributed by atoms with Crippen LogP contribution in [-0.4, -0.2) is 64.2 Å². The second-order valence-corrected chi connectivity index (χ2v) is 10.0. The summed E-state index contributed by atoms with van der Waals surface area (Å²) in [5.41, 5.74) is 3.73. The third kappa shape index (κ3) is 8.63. The SMILES string of the molecule is C=C(CCC(CCC)CN1CCOCC1)C(=O)C(=N)Cc1cccc(Nc2nccc(-c3ccccn3)n2)c1. The van der Waals surface area contributed by atoms with E-state index in [0.717, 1.165) is 74.7 Å². The maximum absolute atomic E-state index is 13.0. The van der Waals surface area contributed by atoms with Crippen molar-refractivity contribution in [2.45, 2.75) is 39.0 Å². The highest BCUT2D eigenvalue weighted by atomic mass is 16.5. The predicted octanol–water partition coefficient (Wildman–Crippen LogP) is 5.50. The van der Waals surface area contributed by atoms with E-state index in [4.69, 9.17) is 10.1 Å². The van der Waals surface area contributed by atoms with E-state index in [-0.39, 0.29) is 17.9 Å². The molecule has 0 aliphatic carbocycles. The molecule has 1 aliphatic heterocycles. The van der Waals surface area contributed by atoms with Crippen molar-refractivity contribution in [3.63, 3.8) is 0 Å². The summed E-state index contributed by atoms with van der Waals surface area (Å²) < 4.78 is 5.47. The monoisotopic (exact) mass is 526 g/mol. The van der Waals surface area contributed by atoms with E-state index < -0.39 is 0 Å². The second kappa shape index (κ2) is 14.4. The first kappa shape index (κ1) is 28.3. The standard InChI is InChI=1S/C31H38N6O2/c1-3-7-24(22-37-16-18-39-19-17-37)12-11-23(2)30(38)27(32)21-25-8-6-9-26(20-25)35-31-34-15-13-29(36-31)28-10-4-5-14-33-28/h4-6,8-10,13-15,20,24,32H,2-3,7,11-12,16-19,21-22H2,1H3,(H,34,35,36). The lowest BCUT2D eigenvalue weighted by Crippen LogP contribution is -2.39. The molecule has 1 saturated heterocycles. The maximum atomic E-state index is 13.0. The van der Waals surface area contributed by atoms with E-state index in [9.17, 15) is 4.79 Å². The topological polar surface area (TPSA) is 104 Å². The number of ketones is 1. The van der Waals surface area contributed by atoms with Gasteiger partial charge in [-0.15, -0.1) is 0 Å². The molecule has 0 radical (unpaired) electrons. The first-order valence-electron chi connectivity index (χ1n) is 13.7. The van der Waals surface area contributed by atoms with Crippen LogP contribution in [0.5, 0.6) is 0 Å². The molecule has 39 heavy (non-hydrogen) atoms. The number of ether oxygens (including phenoxy) is 1. The van der Waals surface area contributed by atoms with Crippen molar-refractivity contribution in [2.24, 2.45) is 5.92 Å². The fourth-order valence-electron chi connectivity index (χ4n) is 4.84. The first-order chi connectivity index (χ1) is 19.0. The summed E-state index contributed by atoms with van der Waals surface area (Å²) in [6.45, 7) is 10.8. The van der Waals surface area contributed by atoms with Gasteiger partial charge in [0.05, 0.1) is 30.3 Å². The van der Waals surface area contributed by atoms with Gasteiger partial charge in [0.2, 0.25) is 11.7 Å². The van der Waals surface area contributed by atoms with Crippen LogP contribution in [0.3, 0.4) is 0 Å². The maximum Gasteiger partial charge on any atom is 0.227 e. The minimum Gasteiger partial charge on any atom is -0.379 e. The molecule has 0 bridgehead atoms. The van der Waals surface area contributed by atoms with E-state index in [1.165, 1.54) is 0 Å². The van der Waals surface area contributed by atoms with Crippen molar-refractivity contribution in [1.82, 2.24) is 19.9 Å². The van der Waals surface area contributed by atoms with Crippen molar-refractivity contribution < 1.29 is 9.53 Å². The number of morpholine rings is 1. The zero-order chi connectivity index (χ0) is 27.5. The highest BCUT2D eigenvalue weighted by molar-refractivity contribution is 6.44. The molecular formula is C31H38N6O2. The minimum absolute atomic E-state index is 0.0609. The number of benzene rings is 1. The van der Waals surface area contributed by atoms with Gasteiger partial charge in [0.25, 0.3) is 0 Å². The number of anilines is 2.